The summed E-state index contributed by atoms with van der Waals surface area (Å²) in [6.45, 7) is 18.2. The van der Waals surface area contributed by atoms with Crippen molar-refractivity contribution in [1.29, 1.82) is 0 Å². The predicted molar refractivity (Wildman–Crippen MR) is 80.9 cm³/mol. The summed E-state index contributed by atoms with van der Waals surface area (Å²) in [6, 6.07) is 7.97. The van der Waals surface area contributed by atoms with Gasteiger partial charge in [0.25, 0.3) is 0 Å². The fourth-order valence-corrected chi connectivity index (χ4v) is 0.790. The summed E-state index contributed by atoms with van der Waals surface area (Å²) < 4.78 is 5.29. The lowest BCUT2D eigenvalue weighted by atomic mass is 10.2. The first-order valence-electron chi connectivity index (χ1n) is 6.63. The van der Waals surface area contributed by atoms with Crippen molar-refractivity contribution in [3.63, 3.8) is 0 Å². The molecule has 1 aromatic carbocycles. The molecule has 100 valence electrons. The van der Waals surface area contributed by atoms with E-state index in [9.17, 15) is 0 Å². The summed E-state index contributed by atoms with van der Waals surface area (Å²) in [7, 11) is 0. The lowest BCUT2D eigenvalue weighted by Crippen LogP contribution is -1.91. The molecule has 0 fully saturated rings. The van der Waals surface area contributed by atoms with E-state index < -0.39 is 0 Å². The Morgan fingerprint density at radius 3 is 1.71 bits per heavy atom. The van der Waals surface area contributed by atoms with Gasteiger partial charge in [-0.1, -0.05) is 71.9 Å². The maximum Gasteiger partial charge on any atom is 0.119 e. The minimum Gasteiger partial charge on any atom is -0.490 e. The van der Waals surface area contributed by atoms with Crippen LogP contribution in [0.15, 0.2) is 36.9 Å². The van der Waals surface area contributed by atoms with Crippen molar-refractivity contribution in [2.24, 2.45) is 0 Å². The zero-order chi connectivity index (χ0) is 14.1. The molecule has 0 N–H and O–H groups in total. The van der Waals surface area contributed by atoms with Gasteiger partial charge in [-0.15, -0.1) is 0 Å². The van der Waals surface area contributed by atoms with E-state index in [1.165, 1.54) is 5.56 Å². The Balaban J connectivity index is -0.000000285. The highest BCUT2D eigenvalue weighted by Crippen LogP contribution is 2.10. The molecule has 0 spiro atoms. The number of hydrogen-bond acceptors (Lipinski definition) is 1. The molecule has 0 aliphatic heterocycles. The van der Waals surface area contributed by atoms with E-state index in [1.807, 2.05) is 65.8 Å². The molecule has 0 heterocycles. The van der Waals surface area contributed by atoms with E-state index >= 15 is 0 Å². The molecule has 0 saturated carbocycles. The van der Waals surface area contributed by atoms with Gasteiger partial charge in [0, 0.05) is 0 Å². The van der Waals surface area contributed by atoms with E-state index in [0.29, 0.717) is 6.61 Å². The first-order chi connectivity index (χ1) is 8.33. The van der Waals surface area contributed by atoms with Crippen molar-refractivity contribution >= 4 is 0 Å². The van der Waals surface area contributed by atoms with Gasteiger partial charge in [0.05, 0.1) is 0 Å². The van der Waals surface area contributed by atoms with Crippen LogP contribution in [0, 0.1) is 6.92 Å². The summed E-state index contributed by atoms with van der Waals surface area (Å²) in [4.78, 5) is 0. The van der Waals surface area contributed by atoms with Crippen molar-refractivity contribution in [2.45, 2.75) is 48.5 Å². The molecule has 0 radical (unpaired) electrons. The third-order valence-electron chi connectivity index (χ3n) is 1.39. The smallest absolute Gasteiger partial charge is 0.119 e. The lowest BCUT2D eigenvalue weighted by molar-refractivity contribution is 0.363. The second-order valence-corrected chi connectivity index (χ2v) is 2.41. The maximum atomic E-state index is 5.29. The lowest BCUT2D eigenvalue weighted by Gasteiger charge is -2.01. The molecule has 0 aliphatic rings. The van der Waals surface area contributed by atoms with Crippen LogP contribution in [0.3, 0.4) is 0 Å². The molecule has 1 heteroatoms. The van der Waals surface area contributed by atoms with Gasteiger partial charge in [0.1, 0.15) is 12.4 Å². The summed E-state index contributed by atoms with van der Waals surface area (Å²) >= 11 is 0. The van der Waals surface area contributed by atoms with Crippen LogP contribution in [0.4, 0.5) is 0 Å². The largest absolute Gasteiger partial charge is 0.490 e. The van der Waals surface area contributed by atoms with Gasteiger partial charge in [-0.2, -0.15) is 0 Å². The van der Waals surface area contributed by atoms with Crippen molar-refractivity contribution in [3.05, 3.63) is 42.5 Å². The van der Waals surface area contributed by atoms with Crippen LogP contribution in [0.1, 0.15) is 47.1 Å². The number of aryl methyl sites for hydroxylation is 1. The third-order valence-corrected chi connectivity index (χ3v) is 1.39. The van der Waals surface area contributed by atoms with E-state index in [-0.39, 0.29) is 0 Å². The van der Waals surface area contributed by atoms with Crippen LogP contribution < -0.4 is 4.74 Å². The number of rotatable bonds is 3. The Hall–Kier alpha value is -1.24. The zero-order valence-electron chi connectivity index (χ0n) is 12.7. The Kier molecular flexibility index (Phi) is 25.1. The third kappa shape index (κ3) is 14.8. The molecule has 0 amide bonds. The highest BCUT2D eigenvalue weighted by molar-refractivity contribution is 5.26. The van der Waals surface area contributed by atoms with Gasteiger partial charge in [-0.25, -0.2) is 0 Å². The molecular formula is C16H30O. The summed E-state index contributed by atoms with van der Waals surface area (Å²) in [5, 5.41) is 0. The second kappa shape index (κ2) is 20.2. The van der Waals surface area contributed by atoms with Crippen molar-refractivity contribution < 1.29 is 4.74 Å². The van der Waals surface area contributed by atoms with Crippen LogP contribution >= 0.6 is 0 Å². The fourth-order valence-electron chi connectivity index (χ4n) is 0.790. The second-order valence-electron chi connectivity index (χ2n) is 2.41. The Labute approximate surface area is 109 Å². The normalized spacial score (nSPS) is 7.00. The van der Waals surface area contributed by atoms with Crippen LogP contribution in [-0.4, -0.2) is 6.61 Å². The van der Waals surface area contributed by atoms with Crippen molar-refractivity contribution in [3.8, 4) is 5.75 Å². The molecule has 1 rings (SSSR count). The molecule has 0 aromatic heterocycles. The average Bonchev–Trinajstić information content (AvgIpc) is 2.45. The van der Waals surface area contributed by atoms with Crippen LogP contribution in [0.25, 0.3) is 0 Å². The first kappa shape index (κ1) is 21.1. The Morgan fingerprint density at radius 1 is 0.941 bits per heavy atom. The van der Waals surface area contributed by atoms with E-state index in [2.05, 4.69) is 13.5 Å². The first-order valence-corrected chi connectivity index (χ1v) is 6.63. The summed E-state index contributed by atoms with van der Waals surface area (Å²) in [5.74, 6) is 0.899. The Morgan fingerprint density at radius 2 is 1.35 bits per heavy atom. The zero-order valence-corrected chi connectivity index (χ0v) is 12.7. The maximum absolute atomic E-state index is 5.29. The standard InChI is InChI=1S/C10H12O.3C2H6/c1-3-8-11-10-6-4-9(2)5-7-10;3*1-2/h3-7H,1,8H2,2H3;3*1-2H3. The van der Waals surface area contributed by atoms with E-state index in [4.69, 9.17) is 4.74 Å². The average molecular weight is 238 g/mol. The predicted octanol–water partition coefficient (Wildman–Crippen LogP) is 5.64. The van der Waals surface area contributed by atoms with Crippen LogP contribution in [0.5, 0.6) is 5.75 Å². The monoisotopic (exact) mass is 238 g/mol. The number of benzene rings is 1. The quantitative estimate of drug-likeness (QED) is 0.619. The van der Waals surface area contributed by atoms with Crippen LogP contribution in [-0.2, 0) is 0 Å². The van der Waals surface area contributed by atoms with Gasteiger partial charge in [0.15, 0.2) is 0 Å². The van der Waals surface area contributed by atoms with E-state index in [1.54, 1.807) is 6.08 Å². The van der Waals surface area contributed by atoms with Gasteiger partial charge >= 0.3 is 0 Å². The minimum absolute atomic E-state index is 0.572. The highest BCUT2D eigenvalue weighted by atomic mass is 16.5. The van der Waals surface area contributed by atoms with Gasteiger partial charge in [0.2, 0.25) is 0 Å². The molecule has 0 unspecified atom stereocenters. The minimum atomic E-state index is 0.572. The molecule has 0 bridgehead atoms. The fraction of sp³-hybridized carbons (Fsp3) is 0.500. The van der Waals surface area contributed by atoms with Crippen LogP contribution in [0.2, 0.25) is 0 Å². The number of hydrogen-bond donors (Lipinski definition) is 0. The molecule has 1 nitrogen and oxygen atoms in total. The van der Waals surface area contributed by atoms with Gasteiger partial charge in [-0.3, -0.25) is 0 Å². The topological polar surface area (TPSA) is 9.23 Å². The molecule has 0 saturated heterocycles. The number of ether oxygens (including phenoxy) is 1. The molecule has 1 aromatic rings. The van der Waals surface area contributed by atoms with Gasteiger partial charge < -0.3 is 4.74 Å². The van der Waals surface area contributed by atoms with Crippen molar-refractivity contribution in [1.82, 2.24) is 0 Å². The van der Waals surface area contributed by atoms with Crippen molar-refractivity contribution in [2.75, 3.05) is 6.61 Å². The Bertz CT molecular complexity index is 224. The van der Waals surface area contributed by atoms with Gasteiger partial charge in [-0.05, 0) is 19.1 Å². The summed E-state index contributed by atoms with van der Waals surface area (Å²) in [6.07, 6.45) is 1.74. The highest BCUT2D eigenvalue weighted by Gasteiger charge is 1.88. The molecule has 0 atom stereocenters. The summed E-state index contributed by atoms with van der Waals surface area (Å²) in [5.41, 5.74) is 1.25. The van der Waals surface area contributed by atoms with E-state index in [0.717, 1.165) is 5.75 Å². The molecule has 17 heavy (non-hydrogen) atoms. The SMILES string of the molecule is C=CCOc1ccc(C)cc1.CC.CC.CC. The molecular weight excluding hydrogens is 208 g/mol. The molecule has 0 aliphatic carbocycles.